The minimum atomic E-state index is -0.527. The van der Waals surface area contributed by atoms with Gasteiger partial charge in [-0.3, -0.25) is 9.59 Å². The molecular weight excluding hydrogens is 424 g/mol. The van der Waals surface area contributed by atoms with Gasteiger partial charge >= 0.3 is 0 Å². The first-order valence-corrected chi connectivity index (χ1v) is 11.5. The Morgan fingerprint density at radius 2 is 2.06 bits per heavy atom. The molecular formula is C25H26N2O4S. The molecule has 2 amide bonds. The predicted octanol–water partition coefficient (Wildman–Crippen LogP) is 4.75. The number of anilines is 1. The lowest BCUT2D eigenvalue weighted by Crippen LogP contribution is -2.40. The Labute approximate surface area is 191 Å². The molecule has 6 nitrogen and oxygen atoms in total. The number of ether oxygens (including phenoxy) is 2. The zero-order chi connectivity index (χ0) is 22.5. The summed E-state index contributed by atoms with van der Waals surface area (Å²) in [5.41, 5.74) is 2.61. The number of carbonyl (C=O) groups excluding carboxylic acids is 2. The van der Waals surface area contributed by atoms with Crippen molar-refractivity contribution in [2.75, 3.05) is 19.0 Å². The molecule has 32 heavy (non-hydrogen) atoms. The Morgan fingerprint density at radius 3 is 2.81 bits per heavy atom. The third-order valence-electron chi connectivity index (χ3n) is 5.50. The third-order valence-corrected chi connectivity index (χ3v) is 6.36. The number of thiophene rings is 1. The van der Waals surface area contributed by atoms with Gasteiger partial charge in [0.15, 0.2) is 6.10 Å². The predicted molar refractivity (Wildman–Crippen MR) is 126 cm³/mol. The van der Waals surface area contributed by atoms with Gasteiger partial charge in [0.1, 0.15) is 11.5 Å². The molecule has 1 atom stereocenters. The van der Waals surface area contributed by atoms with Crippen molar-refractivity contribution in [3.63, 3.8) is 0 Å². The van der Waals surface area contributed by atoms with Crippen LogP contribution in [0.1, 0.15) is 34.1 Å². The van der Waals surface area contributed by atoms with Crippen LogP contribution < -0.4 is 14.8 Å². The topological polar surface area (TPSA) is 67.9 Å². The number of hydrogen-bond acceptors (Lipinski definition) is 5. The molecule has 0 saturated carbocycles. The molecule has 0 unspecified atom stereocenters. The zero-order valence-corrected chi connectivity index (χ0v) is 19.0. The average molecular weight is 451 g/mol. The van der Waals surface area contributed by atoms with Crippen LogP contribution >= 0.6 is 11.3 Å². The van der Waals surface area contributed by atoms with E-state index in [1.54, 1.807) is 13.2 Å². The molecule has 1 aliphatic heterocycles. The Kier molecular flexibility index (Phi) is 6.75. The Morgan fingerprint density at radius 1 is 1.22 bits per heavy atom. The molecule has 0 bridgehead atoms. The van der Waals surface area contributed by atoms with Crippen molar-refractivity contribution in [1.29, 1.82) is 0 Å². The molecule has 3 aromatic rings. The molecule has 0 aliphatic carbocycles. The van der Waals surface area contributed by atoms with E-state index in [-0.39, 0.29) is 11.8 Å². The Hall–Kier alpha value is -3.32. The van der Waals surface area contributed by atoms with Crippen molar-refractivity contribution in [3.05, 3.63) is 76.0 Å². The number of nitrogens with zero attached hydrogens (tertiary/aromatic N) is 1. The summed E-state index contributed by atoms with van der Waals surface area (Å²) in [5, 5.41) is 4.81. The second-order valence-corrected chi connectivity index (χ2v) is 8.54. The molecule has 1 aliphatic rings. The first-order chi connectivity index (χ1) is 15.6. The molecule has 1 N–H and O–H groups in total. The fourth-order valence-corrected chi connectivity index (χ4v) is 4.42. The maximum Gasteiger partial charge on any atom is 0.265 e. The molecule has 4 rings (SSSR count). The van der Waals surface area contributed by atoms with Crippen LogP contribution in [0.3, 0.4) is 0 Å². The maximum absolute atomic E-state index is 13.1. The van der Waals surface area contributed by atoms with Gasteiger partial charge in [-0.05, 0) is 54.1 Å². The van der Waals surface area contributed by atoms with Crippen molar-refractivity contribution >= 4 is 28.8 Å². The summed E-state index contributed by atoms with van der Waals surface area (Å²) in [7, 11) is 1.65. The minimum Gasteiger partial charge on any atom is -0.496 e. The van der Waals surface area contributed by atoms with Crippen molar-refractivity contribution < 1.29 is 19.1 Å². The largest absolute Gasteiger partial charge is 0.496 e. The quantitative estimate of drug-likeness (QED) is 0.564. The van der Waals surface area contributed by atoms with E-state index in [4.69, 9.17) is 9.47 Å². The van der Waals surface area contributed by atoms with Crippen LogP contribution in [0.2, 0.25) is 0 Å². The standard InChI is InChI=1S/C25H26N2O4S/c1-3-20-25(29)27(13-12-17-7-4-5-8-21(17)30-2)16-18-15-19(10-11-22(18)31-20)26-24(28)23-9-6-14-32-23/h4-11,14-15,20H,3,12-13,16H2,1-2H3,(H,26,28)/t20-/m0/s1. The summed E-state index contributed by atoms with van der Waals surface area (Å²) < 4.78 is 11.5. The van der Waals surface area contributed by atoms with Gasteiger partial charge in [0.25, 0.3) is 11.8 Å². The summed E-state index contributed by atoms with van der Waals surface area (Å²) in [4.78, 5) is 28.1. The second kappa shape index (κ2) is 9.87. The molecule has 1 aromatic heterocycles. The molecule has 0 radical (unpaired) electrons. The highest BCUT2D eigenvalue weighted by Crippen LogP contribution is 2.30. The third kappa shape index (κ3) is 4.78. The smallest absolute Gasteiger partial charge is 0.265 e. The van der Waals surface area contributed by atoms with Gasteiger partial charge in [0.2, 0.25) is 0 Å². The van der Waals surface area contributed by atoms with Gasteiger partial charge in [-0.25, -0.2) is 0 Å². The van der Waals surface area contributed by atoms with Gasteiger partial charge in [-0.2, -0.15) is 0 Å². The molecule has 2 aromatic carbocycles. The van der Waals surface area contributed by atoms with Crippen LogP contribution in [-0.4, -0.2) is 36.5 Å². The maximum atomic E-state index is 13.1. The molecule has 0 fully saturated rings. The van der Waals surface area contributed by atoms with Crippen LogP contribution in [0.15, 0.2) is 60.0 Å². The number of nitrogens with one attached hydrogen (secondary N) is 1. The number of rotatable bonds is 7. The first-order valence-electron chi connectivity index (χ1n) is 10.6. The molecule has 2 heterocycles. The van der Waals surface area contributed by atoms with Gasteiger partial charge < -0.3 is 19.7 Å². The Balaban J connectivity index is 1.54. The summed E-state index contributed by atoms with van der Waals surface area (Å²) >= 11 is 1.39. The van der Waals surface area contributed by atoms with E-state index in [0.717, 1.165) is 16.9 Å². The highest BCUT2D eigenvalue weighted by molar-refractivity contribution is 7.12. The van der Waals surface area contributed by atoms with Crippen molar-refractivity contribution in [1.82, 2.24) is 4.90 Å². The van der Waals surface area contributed by atoms with E-state index in [0.29, 0.717) is 42.2 Å². The second-order valence-electron chi connectivity index (χ2n) is 7.59. The number of amides is 2. The first kappa shape index (κ1) is 21.9. The average Bonchev–Trinajstić information content (AvgIpc) is 3.32. The van der Waals surface area contributed by atoms with Gasteiger partial charge in [-0.1, -0.05) is 31.2 Å². The van der Waals surface area contributed by atoms with E-state index in [1.165, 1.54) is 11.3 Å². The monoisotopic (exact) mass is 450 g/mol. The highest BCUT2D eigenvalue weighted by Gasteiger charge is 2.30. The number of fused-ring (bicyclic) bond motifs is 1. The summed E-state index contributed by atoms with van der Waals surface area (Å²) in [6.45, 7) is 2.91. The summed E-state index contributed by atoms with van der Waals surface area (Å²) in [6.07, 6.45) is 0.733. The fraction of sp³-hybridized carbons (Fsp3) is 0.280. The van der Waals surface area contributed by atoms with Crippen molar-refractivity contribution in [2.24, 2.45) is 0 Å². The molecule has 7 heteroatoms. The molecule has 0 spiro atoms. The van der Waals surface area contributed by atoms with Gasteiger partial charge in [0, 0.05) is 24.3 Å². The molecule has 0 saturated heterocycles. The highest BCUT2D eigenvalue weighted by atomic mass is 32.1. The minimum absolute atomic E-state index is 0.0252. The van der Waals surface area contributed by atoms with Crippen LogP contribution in [-0.2, 0) is 17.8 Å². The zero-order valence-electron chi connectivity index (χ0n) is 18.2. The summed E-state index contributed by atoms with van der Waals surface area (Å²) in [6, 6.07) is 17.0. The molecule has 166 valence electrons. The van der Waals surface area contributed by atoms with Crippen LogP contribution in [0.25, 0.3) is 0 Å². The van der Waals surface area contributed by atoms with Crippen LogP contribution in [0, 0.1) is 0 Å². The fourth-order valence-electron chi connectivity index (χ4n) is 3.80. The number of para-hydroxylation sites is 1. The number of benzene rings is 2. The van der Waals surface area contributed by atoms with Crippen LogP contribution in [0.4, 0.5) is 5.69 Å². The van der Waals surface area contributed by atoms with E-state index >= 15 is 0 Å². The van der Waals surface area contributed by atoms with Gasteiger partial charge in [0.05, 0.1) is 12.0 Å². The number of hydrogen-bond donors (Lipinski definition) is 1. The number of methoxy groups -OCH3 is 1. The SMILES string of the molecule is CC[C@@H]1Oc2ccc(NC(=O)c3cccs3)cc2CN(CCc2ccccc2OC)C1=O. The lowest BCUT2D eigenvalue weighted by Gasteiger charge is -2.23. The van der Waals surface area contributed by atoms with Crippen LogP contribution in [0.5, 0.6) is 11.5 Å². The van der Waals surface area contributed by atoms with Gasteiger partial charge in [-0.15, -0.1) is 11.3 Å². The van der Waals surface area contributed by atoms with Crippen molar-refractivity contribution in [3.8, 4) is 11.5 Å². The van der Waals surface area contributed by atoms with E-state index in [1.807, 2.05) is 65.7 Å². The lowest BCUT2D eigenvalue weighted by atomic mass is 10.1. The van der Waals surface area contributed by atoms with E-state index in [2.05, 4.69) is 5.32 Å². The number of carbonyl (C=O) groups is 2. The summed E-state index contributed by atoms with van der Waals surface area (Å²) in [5.74, 6) is 1.32. The van der Waals surface area contributed by atoms with E-state index < -0.39 is 6.10 Å². The lowest BCUT2D eigenvalue weighted by molar-refractivity contribution is -0.138. The van der Waals surface area contributed by atoms with Crippen molar-refractivity contribution in [2.45, 2.75) is 32.4 Å². The van der Waals surface area contributed by atoms with E-state index in [9.17, 15) is 9.59 Å². The Bertz CT molecular complexity index is 1100. The normalized spacial score (nSPS) is 15.5.